The van der Waals surface area contributed by atoms with Crippen LogP contribution in [0.1, 0.15) is 13.8 Å². The van der Waals surface area contributed by atoms with Crippen molar-refractivity contribution in [2.75, 3.05) is 0 Å². The summed E-state index contributed by atoms with van der Waals surface area (Å²) in [4.78, 5) is 0. The van der Waals surface area contributed by atoms with Crippen LogP contribution in [0.15, 0.2) is 182 Å². The van der Waals surface area contributed by atoms with Crippen LogP contribution in [0.25, 0.3) is 0 Å². The summed E-state index contributed by atoms with van der Waals surface area (Å²) in [5.41, 5.74) is 0. The monoisotopic (exact) mass is 958 g/mol. The fraction of sp³-hybridized carbons (Fsp3) is 0.0500. The quantitative estimate of drug-likeness (QED) is 0.123. The predicted octanol–water partition coefficient (Wildman–Crippen LogP) is 10.7. The Labute approximate surface area is 333 Å². The van der Waals surface area contributed by atoms with E-state index in [9.17, 15) is 0 Å². The van der Waals surface area contributed by atoms with E-state index in [0.717, 1.165) is 0 Å². The minimum atomic E-state index is -0.446. The van der Waals surface area contributed by atoms with Crippen molar-refractivity contribution in [1.29, 1.82) is 10.5 Å². The van der Waals surface area contributed by atoms with E-state index in [1.807, 2.05) is 0 Å². The second kappa shape index (κ2) is 31.4. The van der Waals surface area contributed by atoms with Crippen LogP contribution in [-0.2, 0) is 31.9 Å². The molecular weight excluding hydrogens is 925 g/mol. The van der Waals surface area contributed by atoms with E-state index in [1.165, 1.54) is 45.7 Å². The van der Waals surface area contributed by atoms with E-state index >= 15 is 0 Å². The Morgan fingerprint density at radius 2 is 0.440 bits per heavy atom. The number of hydrogen-bond acceptors (Lipinski definition) is 2. The van der Waals surface area contributed by atoms with Gasteiger partial charge in [0.2, 0.25) is 0 Å². The average molecular weight is 961 g/mol. The molecule has 10 heteroatoms. The molecule has 0 aliphatic rings. The summed E-state index contributed by atoms with van der Waals surface area (Å²) >= 11 is -0.211. The van der Waals surface area contributed by atoms with Crippen LogP contribution in [0.4, 0.5) is 0 Å². The Hall–Kier alpha value is -2.36. The van der Waals surface area contributed by atoms with Gasteiger partial charge in [-0.25, -0.2) is 0 Å². The van der Waals surface area contributed by atoms with E-state index in [0.29, 0.717) is 0 Å². The first kappa shape index (κ1) is 45.7. The van der Waals surface area contributed by atoms with Crippen molar-refractivity contribution >= 4 is 85.8 Å². The van der Waals surface area contributed by atoms with Crippen molar-refractivity contribution in [3.05, 3.63) is 182 Å². The van der Waals surface area contributed by atoms with Crippen LogP contribution in [0.2, 0.25) is 0 Å². The van der Waals surface area contributed by atoms with Crippen molar-refractivity contribution in [2.45, 2.75) is 13.8 Å². The molecule has 0 aliphatic carbocycles. The molecule has 0 unspecified atom stereocenters. The van der Waals surface area contributed by atoms with Gasteiger partial charge in [-0.2, -0.15) is 10.5 Å². The number of nitriles is 2. The minimum absolute atomic E-state index is 0.106. The maximum Gasteiger partial charge on any atom is -0.0134 e. The topological polar surface area (TPSA) is 47.6 Å². The molecule has 0 amide bonds. The fourth-order valence-electron chi connectivity index (χ4n) is 4.36. The first-order valence-electron chi connectivity index (χ1n) is 14.7. The first-order valence-corrected chi connectivity index (χ1v) is 25.4. The third-order valence-corrected chi connectivity index (χ3v) is 11.0. The summed E-state index contributed by atoms with van der Waals surface area (Å²) in [5.74, 6) is 0. The molecular formula is C40H36Cl4N2P2Pd2. The zero-order valence-corrected chi connectivity index (χ0v) is 35.2. The van der Waals surface area contributed by atoms with Gasteiger partial charge in [-0.1, -0.05) is 182 Å². The molecule has 6 aromatic carbocycles. The maximum atomic E-state index is 7.32. The molecule has 0 radical (unpaired) electrons. The fourth-order valence-corrected chi connectivity index (χ4v) is 8.97. The van der Waals surface area contributed by atoms with Crippen LogP contribution < -0.4 is 31.8 Å². The summed E-state index contributed by atoms with van der Waals surface area (Å²) in [6.07, 6.45) is 0. The van der Waals surface area contributed by atoms with Crippen molar-refractivity contribution < 1.29 is 31.9 Å². The molecule has 0 aliphatic heterocycles. The van der Waals surface area contributed by atoms with Gasteiger partial charge in [0.05, 0.1) is 12.1 Å². The van der Waals surface area contributed by atoms with Crippen molar-refractivity contribution in [2.24, 2.45) is 0 Å². The molecule has 50 heavy (non-hydrogen) atoms. The number of rotatable bonds is 6. The van der Waals surface area contributed by atoms with Crippen LogP contribution in [0.5, 0.6) is 0 Å². The van der Waals surface area contributed by atoms with Crippen LogP contribution in [0, 0.1) is 22.7 Å². The maximum absolute atomic E-state index is 7.32. The van der Waals surface area contributed by atoms with Gasteiger partial charge in [0.25, 0.3) is 0 Å². The Morgan fingerprint density at radius 3 is 0.540 bits per heavy atom. The van der Waals surface area contributed by atoms with Gasteiger partial charge in [0.1, 0.15) is 0 Å². The number of benzene rings is 6. The summed E-state index contributed by atoms with van der Waals surface area (Å²) in [5, 5.41) is 23.0. The zero-order chi connectivity index (χ0) is 36.7. The molecule has 0 N–H and O–H groups in total. The standard InChI is InChI=1S/2C18H15P.2C2H3N.4ClH.2Pd/c2*1-4-10-16(11-5-1)19(17-12-6-2-7-13-17)18-14-8-3-9-15-18;2*1-2-3;;;;;;/h2*1-15H;2*1H3;4*1H;;/q;;;;;;;;2*+2/p-4. The van der Waals surface area contributed by atoms with Crippen LogP contribution in [-0.4, -0.2) is 0 Å². The van der Waals surface area contributed by atoms with Crippen molar-refractivity contribution in [3.8, 4) is 12.1 Å². The zero-order valence-electron chi connectivity index (χ0n) is 27.3. The number of nitrogens with zero attached hydrogens (tertiary/aromatic N) is 2. The third kappa shape index (κ3) is 18.8. The number of hydrogen-bond donors (Lipinski definition) is 0. The molecule has 0 heterocycles. The molecule has 0 aromatic heterocycles. The Bertz CT molecular complexity index is 1410. The molecule has 0 fully saturated rings. The molecule has 6 rings (SSSR count). The summed E-state index contributed by atoms with van der Waals surface area (Å²) in [6.45, 7) is 2.86. The van der Waals surface area contributed by atoms with Gasteiger partial charge in [0, 0.05) is 13.8 Å². The largest absolute Gasteiger partial charge is 0.0622 e. The van der Waals surface area contributed by atoms with Gasteiger partial charge in [-0.05, 0) is 47.7 Å². The molecule has 0 saturated heterocycles. The normalized spacial score (nSPS) is 9.24. The van der Waals surface area contributed by atoms with Gasteiger partial charge < -0.3 is 0 Å². The Kier molecular flexibility index (Phi) is 28.7. The minimum Gasteiger partial charge on any atom is -0.0622 e. The predicted molar refractivity (Wildman–Crippen MR) is 216 cm³/mol. The van der Waals surface area contributed by atoms with Crippen LogP contribution >= 0.6 is 54.0 Å². The van der Waals surface area contributed by atoms with E-state index in [4.69, 9.17) is 48.6 Å². The SMILES string of the molecule is CC#N.CC#N.[Cl][Pd][Cl].[Cl][Pd][Cl].c1ccc(P(c2ccccc2)c2ccccc2)cc1.c1ccc(P(c2ccccc2)c2ccccc2)cc1. The molecule has 2 nitrogen and oxygen atoms in total. The second-order valence-corrected chi connectivity index (χ2v) is 18.4. The Balaban J connectivity index is 0.000000381. The summed E-state index contributed by atoms with van der Waals surface area (Å²) < 4.78 is 0. The van der Waals surface area contributed by atoms with Gasteiger partial charge in [0.15, 0.2) is 0 Å². The van der Waals surface area contributed by atoms with Crippen LogP contribution in [0.3, 0.4) is 0 Å². The van der Waals surface area contributed by atoms with Gasteiger partial charge >= 0.3 is 70.0 Å². The van der Waals surface area contributed by atoms with E-state index in [1.54, 1.807) is 12.1 Å². The van der Waals surface area contributed by atoms with Crippen molar-refractivity contribution in [3.63, 3.8) is 0 Å². The summed E-state index contributed by atoms with van der Waals surface area (Å²) in [6, 6.07) is 68.2. The second-order valence-electron chi connectivity index (χ2n) is 9.22. The Morgan fingerprint density at radius 1 is 0.340 bits per heavy atom. The first-order chi connectivity index (χ1) is 24.6. The smallest absolute Gasteiger partial charge is 0.0134 e. The third-order valence-electron chi connectivity index (χ3n) is 6.09. The molecule has 0 atom stereocenters. The van der Waals surface area contributed by atoms with Gasteiger partial charge in [-0.15, -0.1) is 0 Å². The van der Waals surface area contributed by atoms with Gasteiger partial charge in [-0.3, -0.25) is 0 Å². The van der Waals surface area contributed by atoms with E-state index in [2.05, 4.69) is 182 Å². The van der Waals surface area contributed by atoms with E-state index in [-0.39, 0.29) is 31.9 Å². The number of halogens is 4. The molecule has 264 valence electrons. The summed E-state index contributed by atoms with van der Waals surface area (Å²) in [7, 11) is 18.4. The van der Waals surface area contributed by atoms with E-state index < -0.39 is 15.8 Å². The molecule has 6 aromatic rings. The molecule has 0 saturated carbocycles. The van der Waals surface area contributed by atoms with Crippen molar-refractivity contribution in [1.82, 2.24) is 0 Å². The average Bonchev–Trinajstić information content (AvgIpc) is 3.16. The molecule has 0 bridgehead atoms. The molecule has 0 spiro atoms.